The van der Waals surface area contributed by atoms with Gasteiger partial charge in [-0.15, -0.1) is 0 Å². The van der Waals surface area contributed by atoms with Gasteiger partial charge in [-0.05, 0) is 23.8 Å². The first-order valence-electron chi connectivity index (χ1n) is 3.61. The summed E-state index contributed by atoms with van der Waals surface area (Å²) in [5.41, 5.74) is 0.659. The van der Waals surface area contributed by atoms with Crippen molar-refractivity contribution in [3.8, 4) is 0 Å². The molecule has 4 heteroatoms. The number of halogens is 1. The quantitative estimate of drug-likeness (QED) is 0.730. The van der Waals surface area contributed by atoms with Crippen LogP contribution in [0.2, 0.25) is 0 Å². The molecule has 0 aliphatic rings. The Morgan fingerprint density at radius 1 is 1.23 bits per heavy atom. The molecule has 0 spiro atoms. The minimum Gasteiger partial charge on any atom is -0.225 e. The van der Waals surface area contributed by atoms with Crippen molar-refractivity contribution >= 4 is 15.9 Å². The van der Waals surface area contributed by atoms with Gasteiger partial charge in [0.25, 0.3) is 0 Å². The fourth-order valence-electron chi connectivity index (χ4n) is 0.776. The molecule has 1 rings (SSSR count). The summed E-state index contributed by atoms with van der Waals surface area (Å²) in [7, 11) is -3.11. The van der Waals surface area contributed by atoms with Crippen LogP contribution in [-0.4, -0.2) is 14.7 Å². The van der Waals surface area contributed by atoms with Gasteiger partial charge in [0.2, 0.25) is 0 Å². The van der Waals surface area contributed by atoms with Crippen LogP contribution >= 0.6 is 0 Å². The predicted octanol–water partition coefficient (Wildman–Crippen LogP) is 1.84. The molecule has 2 nitrogen and oxygen atoms in total. The van der Waals surface area contributed by atoms with Crippen LogP contribution in [0.5, 0.6) is 0 Å². The molecule has 0 heterocycles. The third kappa shape index (κ3) is 3.85. The lowest BCUT2D eigenvalue weighted by atomic mass is 10.2. The molecule has 0 aromatic heterocycles. The normalized spacial score (nSPS) is 12.2. The van der Waals surface area contributed by atoms with Gasteiger partial charge in [-0.1, -0.05) is 12.1 Å². The smallest absolute Gasteiger partial charge is 0.168 e. The second kappa shape index (κ2) is 3.70. The summed E-state index contributed by atoms with van der Waals surface area (Å²) in [6.07, 6.45) is 2.53. The van der Waals surface area contributed by atoms with E-state index in [0.29, 0.717) is 5.56 Å². The molecule has 0 fully saturated rings. The molecule has 0 bridgehead atoms. The summed E-state index contributed by atoms with van der Waals surface area (Å²) in [6.45, 7) is 0. The number of benzene rings is 1. The Morgan fingerprint density at radius 3 is 2.23 bits per heavy atom. The van der Waals surface area contributed by atoms with Crippen molar-refractivity contribution in [2.75, 3.05) is 6.26 Å². The number of sulfone groups is 1. The second-order valence-electron chi connectivity index (χ2n) is 2.68. The SMILES string of the molecule is CS(=O)(=O)/C=C/c1ccc(F)cc1. The van der Waals surface area contributed by atoms with Crippen molar-refractivity contribution in [1.29, 1.82) is 0 Å². The molecule has 0 saturated heterocycles. The lowest BCUT2D eigenvalue weighted by molar-refractivity contribution is 0.610. The Labute approximate surface area is 76.6 Å². The van der Waals surface area contributed by atoms with Crippen molar-refractivity contribution < 1.29 is 12.8 Å². The lowest BCUT2D eigenvalue weighted by Gasteiger charge is -1.91. The fraction of sp³-hybridized carbons (Fsp3) is 0.111. The topological polar surface area (TPSA) is 34.1 Å². The van der Waals surface area contributed by atoms with E-state index in [9.17, 15) is 12.8 Å². The summed E-state index contributed by atoms with van der Waals surface area (Å²) in [5, 5.41) is 1.08. The number of rotatable bonds is 2. The zero-order chi connectivity index (χ0) is 9.90. The Morgan fingerprint density at radius 2 is 1.77 bits per heavy atom. The first-order chi connectivity index (χ1) is 5.97. The Kier molecular flexibility index (Phi) is 2.83. The maximum Gasteiger partial charge on any atom is 0.168 e. The van der Waals surface area contributed by atoms with E-state index in [1.165, 1.54) is 30.3 Å². The van der Waals surface area contributed by atoms with Gasteiger partial charge in [0, 0.05) is 11.7 Å². The first-order valence-corrected chi connectivity index (χ1v) is 5.56. The van der Waals surface area contributed by atoms with Crippen LogP contribution in [0.15, 0.2) is 29.7 Å². The number of hydrogen-bond donors (Lipinski definition) is 0. The van der Waals surface area contributed by atoms with Gasteiger partial charge < -0.3 is 0 Å². The molecule has 1 aromatic rings. The van der Waals surface area contributed by atoms with E-state index in [1.54, 1.807) is 0 Å². The zero-order valence-electron chi connectivity index (χ0n) is 7.07. The molecule has 0 atom stereocenters. The largest absolute Gasteiger partial charge is 0.225 e. The summed E-state index contributed by atoms with van der Waals surface area (Å²) in [6, 6.07) is 5.58. The van der Waals surface area contributed by atoms with Crippen LogP contribution in [-0.2, 0) is 9.84 Å². The van der Waals surface area contributed by atoms with Crippen LogP contribution in [0.4, 0.5) is 4.39 Å². The Hall–Kier alpha value is -1.16. The van der Waals surface area contributed by atoms with E-state index >= 15 is 0 Å². The minimum atomic E-state index is -3.11. The van der Waals surface area contributed by atoms with E-state index in [1.807, 2.05) is 0 Å². The first kappa shape index (κ1) is 9.92. The van der Waals surface area contributed by atoms with E-state index in [0.717, 1.165) is 11.7 Å². The molecule has 0 saturated carbocycles. The minimum absolute atomic E-state index is 0.337. The summed E-state index contributed by atoms with van der Waals surface area (Å²) >= 11 is 0. The molecule has 0 N–H and O–H groups in total. The highest BCUT2D eigenvalue weighted by Gasteiger charge is 1.93. The molecule has 0 amide bonds. The van der Waals surface area contributed by atoms with Crippen molar-refractivity contribution in [1.82, 2.24) is 0 Å². The van der Waals surface area contributed by atoms with E-state index in [-0.39, 0.29) is 5.82 Å². The van der Waals surface area contributed by atoms with Gasteiger partial charge in [-0.25, -0.2) is 12.8 Å². The predicted molar refractivity (Wildman–Crippen MR) is 50.3 cm³/mol. The van der Waals surface area contributed by atoms with Crippen LogP contribution in [0.1, 0.15) is 5.56 Å². The molecular weight excluding hydrogens is 191 g/mol. The molecule has 1 aromatic carbocycles. The van der Waals surface area contributed by atoms with Crippen molar-refractivity contribution in [3.05, 3.63) is 41.1 Å². The monoisotopic (exact) mass is 200 g/mol. The highest BCUT2D eigenvalue weighted by atomic mass is 32.2. The molecular formula is C9H9FO2S. The van der Waals surface area contributed by atoms with Gasteiger partial charge >= 0.3 is 0 Å². The average Bonchev–Trinajstić information content (AvgIpc) is 2.02. The molecule has 70 valence electrons. The van der Waals surface area contributed by atoms with Gasteiger partial charge in [0.1, 0.15) is 5.82 Å². The van der Waals surface area contributed by atoms with Crippen LogP contribution < -0.4 is 0 Å². The van der Waals surface area contributed by atoms with E-state index < -0.39 is 9.84 Å². The maximum atomic E-state index is 12.4. The second-order valence-corrected chi connectivity index (χ2v) is 4.62. The molecule has 0 radical (unpaired) electrons. The Balaban J connectivity index is 2.88. The highest BCUT2D eigenvalue weighted by Crippen LogP contribution is 2.05. The zero-order valence-corrected chi connectivity index (χ0v) is 7.88. The van der Waals surface area contributed by atoms with E-state index in [2.05, 4.69) is 0 Å². The lowest BCUT2D eigenvalue weighted by Crippen LogP contribution is -1.87. The average molecular weight is 200 g/mol. The standard InChI is InChI=1S/C9H9FO2S/c1-13(11,12)7-6-8-2-4-9(10)5-3-8/h2-7H,1H3/b7-6+. The molecule has 13 heavy (non-hydrogen) atoms. The van der Waals surface area contributed by atoms with Crippen LogP contribution in [0.25, 0.3) is 6.08 Å². The van der Waals surface area contributed by atoms with Gasteiger partial charge in [-0.3, -0.25) is 0 Å². The van der Waals surface area contributed by atoms with Gasteiger partial charge in [0.05, 0.1) is 0 Å². The third-order valence-electron chi connectivity index (χ3n) is 1.38. The molecule has 0 aliphatic heterocycles. The van der Waals surface area contributed by atoms with E-state index in [4.69, 9.17) is 0 Å². The maximum absolute atomic E-state index is 12.4. The Bertz CT molecular complexity index is 404. The van der Waals surface area contributed by atoms with Crippen molar-refractivity contribution in [2.24, 2.45) is 0 Å². The van der Waals surface area contributed by atoms with Gasteiger partial charge in [0.15, 0.2) is 9.84 Å². The summed E-state index contributed by atoms with van der Waals surface area (Å²) in [5.74, 6) is -0.337. The molecule has 0 aliphatic carbocycles. The molecule has 0 unspecified atom stereocenters. The third-order valence-corrected chi connectivity index (χ3v) is 2.01. The number of hydrogen-bond acceptors (Lipinski definition) is 2. The fourth-order valence-corrected chi connectivity index (χ4v) is 1.18. The van der Waals surface area contributed by atoms with Crippen LogP contribution in [0.3, 0.4) is 0 Å². The van der Waals surface area contributed by atoms with Crippen LogP contribution in [0, 0.1) is 5.82 Å². The summed E-state index contributed by atoms with van der Waals surface area (Å²) in [4.78, 5) is 0. The highest BCUT2D eigenvalue weighted by molar-refractivity contribution is 7.93. The van der Waals surface area contributed by atoms with Crippen molar-refractivity contribution in [3.63, 3.8) is 0 Å². The van der Waals surface area contributed by atoms with Gasteiger partial charge in [-0.2, -0.15) is 0 Å². The summed E-state index contributed by atoms with van der Waals surface area (Å²) < 4.78 is 33.8. The van der Waals surface area contributed by atoms with Crippen molar-refractivity contribution in [2.45, 2.75) is 0 Å².